The van der Waals surface area contributed by atoms with Crippen LogP contribution in [0.15, 0.2) is 64.4 Å². The Morgan fingerprint density at radius 3 is 2.32 bits per heavy atom. The van der Waals surface area contributed by atoms with Crippen LogP contribution in [-0.4, -0.2) is 57.8 Å². The number of aromatic nitrogens is 3. The molecule has 1 N–H and O–H groups in total. The Bertz CT molecular complexity index is 1480. The molecule has 9 nitrogen and oxygen atoms in total. The summed E-state index contributed by atoms with van der Waals surface area (Å²) in [6.07, 6.45) is 3.43. The SMILES string of the molecule is CC(=O)Nc1ccc(-n2ccc3nc4ccn(CCN5CCOCC5)c(=O)c4cc3c2=O)cc1. The summed E-state index contributed by atoms with van der Waals surface area (Å²) in [6, 6.07) is 12.2. The molecule has 1 aliphatic rings. The Balaban J connectivity index is 1.50. The van der Waals surface area contributed by atoms with Gasteiger partial charge in [0.25, 0.3) is 11.1 Å². The molecule has 174 valence electrons. The number of morpholine rings is 1. The molecule has 0 spiro atoms. The van der Waals surface area contributed by atoms with E-state index in [1.54, 1.807) is 53.4 Å². The molecule has 5 rings (SSSR count). The number of fused-ring (bicyclic) bond motifs is 2. The molecule has 1 amide bonds. The highest BCUT2D eigenvalue weighted by molar-refractivity contribution is 5.92. The number of benzene rings is 1. The lowest BCUT2D eigenvalue weighted by atomic mass is 10.2. The fourth-order valence-electron chi connectivity index (χ4n) is 4.23. The zero-order chi connectivity index (χ0) is 23.7. The van der Waals surface area contributed by atoms with Gasteiger partial charge in [-0.05, 0) is 42.5 Å². The Morgan fingerprint density at radius 2 is 1.62 bits per heavy atom. The van der Waals surface area contributed by atoms with Crippen molar-refractivity contribution in [3.05, 3.63) is 75.6 Å². The van der Waals surface area contributed by atoms with Gasteiger partial charge in [0.2, 0.25) is 5.91 Å². The summed E-state index contributed by atoms with van der Waals surface area (Å²) in [4.78, 5) is 44.5. The first kappa shape index (κ1) is 22.0. The normalized spacial score (nSPS) is 14.5. The number of nitrogens with zero attached hydrogens (tertiary/aromatic N) is 4. The second-order valence-corrected chi connectivity index (χ2v) is 8.34. The zero-order valence-corrected chi connectivity index (χ0v) is 18.9. The van der Waals surface area contributed by atoms with Crippen molar-refractivity contribution in [1.29, 1.82) is 0 Å². The fourth-order valence-corrected chi connectivity index (χ4v) is 4.23. The van der Waals surface area contributed by atoms with Crippen LogP contribution in [0.3, 0.4) is 0 Å². The Morgan fingerprint density at radius 1 is 0.941 bits per heavy atom. The van der Waals surface area contributed by atoms with Crippen molar-refractivity contribution >= 4 is 33.4 Å². The van der Waals surface area contributed by atoms with E-state index in [1.807, 2.05) is 6.07 Å². The fraction of sp³-hybridized carbons (Fsp3) is 0.280. The minimum absolute atomic E-state index is 0.158. The van der Waals surface area contributed by atoms with Gasteiger partial charge in [-0.15, -0.1) is 0 Å². The third-order valence-electron chi connectivity index (χ3n) is 6.04. The van der Waals surface area contributed by atoms with Crippen molar-refractivity contribution < 1.29 is 9.53 Å². The summed E-state index contributed by atoms with van der Waals surface area (Å²) in [6.45, 7) is 5.91. The summed E-state index contributed by atoms with van der Waals surface area (Å²) in [5, 5.41) is 3.51. The average Bonchev–Trinajstić information content (AvgIpc) is 2.84. The van der Waals surface area contributed by atoms with Crippen LogP contribution in [0.25, 0.3) is 27.5 Å². The van der Waals surface area contributed by atoms with E-state index in [4.69, 9.17) is 4.74 Å². The predicted octanol–water partition coefficient (Wildman–Crippen LogP) is 1.99. The molecule has 0 unspecified atom stereocenters. The highest BCUT2D eigenvalue weighted by atomic mass is 16.5. The van der Waals surface area contributed by atoms with Gasteiger partial charge in [-0.25, -0.2) is 4.98 Å². The van der Waals surface area contributed by atoms with Gasteiger partial charge < -0.3 is 14.6 Å². The molecule has 0 bridgehead atoms. The van der Waals surface area contributed by atoms with Gasteiger partial charge in [0.1, 0.15) is 0 Å². The number of amides is 1. The lowest BCUT2D eigenvalue weighted by molar-refractivity contribution is -0.114. The minimum Gasteiger partial charge on any atom is -0.379 e. The third-order valence-corrected chi connectivity index (χ3v) is 6.04. The van der Waals surface area contributed by atoms with E-state index < -0.39 is 0 Å². The number of pyridine rings is 3. The van der Waals surface area contributed by atoms with Crippen LogP contribution in [0.2, 0.25) is 0 Å². The molecule has 0 atom stereocenters. The molecule has 34 heavy (non-hydrogen) atoms. The lowest BCUT2D eigenvalue weighted by Gasteiger charge is -2.26. The number of hydrogen-bond donors (Lipinski definition) is 1. The number of nitrogens with one attached hydrogen (secondary N) is 1. The van der Waals surface area contributed by atoms with Crippen LogP contribution in [-0.2, 0) is 16.1 Å². The molecule has 3 aromatic heterocycles. The second-order valence-electron chi connectivity index (χ2n) is 8.34. The summed E-state index contributed by atoms with van der Waals surface area (Å²) in [5.41, 5.74) is 1.98. The van der Waals surface area contributed by atoms with Gasteiger partial charge in [0.15, 0.2) is 0 Å². The van der Waals surface area contributed by atoms with Crippen LogP contribution in [0.1, 0.15) is 6.92 Å². The highest BCUT2D eigenvalue weighted by Gasteiger charge is 2.13. The molecule has 1 saturated heterocycles. The summed E-state index contributed by atoms with van der Waals surface area (Å²) in [7, 11) is 0. The summed E-state index contributed by atoms with van der Waals surface area (Å²) in [5.74, 6) is -0.163. The van der Waals surface area contributed by atoms with Crippen molar-refractivity contribution in [2.45, 2.75) is 13.5 Å². The van der Waals surface area contributed by atoms with Crippen LogP contribution in [0.5, 0.6) is 0 Å². The van der Waals surface area contributed by atoms with Gasteiger partial charge in [-0.2, -0.15) is 0 Å². The van der Waals surface area contributed by atoms with Gasteiger partial charge >= 0.3 is 0 Å². The molecular formula is C25H25N5O4. The Labute approximate surface area is 195 Å². The maximum atomic E-state index is 13.3. The Kier molecular flexibility index (Phi) is 5.95. The van der Waals surface area contributed by atoms with E-state index in [9.17, 15) is 14.4 Å². The maximum absolute atomic E-state index is 13.3. The van der Waals surface area contributed by atoms with Gasteiger partial charge in [-0.3, -0.25) is 23.9 Å². The first-order chi connectivity index (χ1) is 16.5. The molecular weight excluding hydrogens is 434 g/mol. The van der Waals surface area contributed by atoms with Crippen molar-refractivity contribution in [3.63, 3.8) is 0 Å². The van der Waals surface area contributed by atoms with Crippen LogP contribution < -0.4 is 16.4 Å². The van der Waals surface area contributed by atoms with Crippen molar-refractivity contribution in [2.75, 3.05) is 38.2 Å². The van der Waals surface area contributed by atoms with E-state index in [0.29, 0.717) is 52.9 Å². The Hall–Kier alpha value is -3.82. The molecule has 1 aliphatic heterocycles. The number of carbonyl (C=O) groups excluding carboxylic acids is 1. The smallest absolute Gasteiger partial charge is 0.264 e. The predicted molar refractivity (Wildman–Crippen MR) is 131 cm³/mol. The molecule has 1 aromatic carbocycles. The summed E-state index contributed by atoms with van der Waals surface area (Å²) >= 11 is 0. The van der Waals surface area contributed by atoms with Crippen LogP contribution in [0.4, 0.5) is 5.69 Å². The standard InChI is InChI=1S/C25H25N5O4/c1-17(31)26-18-2-4-19(5-3-18)30-9-7-23-21(25(30)33)16-20-22(27-23)6-8-29(24(20)32)11-10-28-12-14-34-15-13-28/h2-9,16H,10-15H2,1H3,(H,26,31). The second kappa shape index (κ2) is 9.20. The van der Waals surface area contributed by atoms with Crippen molar-refractivity contribution in [1.82, 2.24) is 19.0 Å². The lowest BCUT2D eigenvalue weighted by Crippen LogP contribution is -2.39. The van der Waals surface area contributed by atoms with Gasteiger partial charge in [-0.1, -0.05) is 0 Å². The van der Waals surface area contributed by atoms with E-state index in [1.165, 1.54) is 11.5 Å². The van der Waals surface area contributed by atoms with Crippen LogP contribution >= 0.6 is 0 Å². The molecule has 4 aromatic rings. The first-order valence-corrected chi connectivity index (χ1v) is 11.2. The third kappa shape index (κ3) is 4.35. The van der Waals surface area contributed by atoms with Crippen molar-refractivity contribution in [3.8, 4) is 5.69 Å². The zero-order valence-electron chi connectivity index (χ0n) is 18.9. The minimum atomic E-state index is -0.262. The van der Waals surface area contributed by atoms with Gasteiger partial charge in [0.05, 0.1) is 35.0 Å². The molecule has 0 aliphatic carbocycles. The van der Waals surface area contributed by atoms with E-state index in [0.717, 1.165) is 19.6 Å². The molecule has 0 radical (unpaired) electrons. The first-order valence-electron chi connectivity index (χ1n) is 11.2. The molecule has 4 heterocycles. The van der Waals surface area contributed by atoms with Gasteiger partial charge in [0, 0.05) is 56.9 Å². The number of hydrogen-bond acceptors (Lipinski definition) is 6. The number of rotatable bonds is 5. The number of anilines is 1. The van der Waals surface area contributed by atoms with E-state index >= 15 is 0 Å². The molecule has 1 fully saturated rings. The number of ether oxygens (including phenoxy) is 1. The highest BCUT2D eigenvalue weighted by Crippen LogP contribution is 2.17. The largest absolute Gasteiger partial charge is 0.379 e. The quantitative estimate of drug-likeness (QED) is 0.459. The molecule has 0 saturated carbocycles. The molecule has 9 heteroatoms. The maximum Gasteiger partial charge on any atom is 0.264 e. The van der Waals surface area contributed by atoms with E-state index in [2.05, 4.69) is 15.2 Å². The topological polar surface area (TPSA) is 98.5 Å². The summed E-state index contributed by atoms with van der Waals surface area (Å²) < 4.78 is 8.56. The van der Waals surface area contributed by atoms with Crippen LogP contribution in [0, 0.1) is 0 Å². The average molecular weight is 460 g/mol. The van der Waals surface area contributed by atoms with Crippen molar-refractivity contribution in [2.24, 2.45) is 0 Å². The monoisotopic (exact) mass is 459 g/mol. The number of carbonyl (C=O) groups is 1. The van der Waals surface area contributed by atoms with E-state index in [-0.39, 0.29) is 17.0 Å².